The average molecular weight is 261 g/mol. The van der Waals surface area contributed by atoms with Gasteiger partial charge in [0.1, 0.15) is 0 Å². The van der Waals surface area contributed by atoms with Crippen molar-refractivity contribution in [2.45, 2.75) is 38.8 Å². The number of likely N-dealkylation sites (N-methyl/N-ethyl adjacent to an activating group) is 1. The van der Waals surface area contributed by atoms with Crippen LogP contribution in [0.4, 0.5) is 0 Å². The average Bonchev–Trinajstić information content (AvgIpc) is 2.69. The number of esters is 1. The second-order valence-electron chi connectivity index (χ2n) is 5.74. The zero-order valence-electron chi connectivity index (χ0n) is 12.2. The Hall–Kier alpha value is -1.35. The van der Waals surface area contributed by atoms with Crippen LogP contribution >= 0.6 is 0 Å². The minimum atomic E-state index is -0.503. The molecule has 0 bridgehead atoms. The lowest BCUT2D eigenvalue weighted by Crippen LogP contribution is -2.43. The molecule has 0 radical (unpaired) electrons. The van der Waals surface area contributed by atoms with Crippen LogP contribution < -0.4 is 0 Å². The molecule has 1 aromatic carbocycles. The van der Waals surface area contributed by atoms with Gasteiger partial charge in [0, 0.05) is 13.0 Å². The molecule has 0 aliphatic carbocycles. The first-order valence-corrected chi connectivity index (χ1v) is 6.96. The summed E-state index contributed by atoms with van der Waals surface area (Å²) in [6, 6.07) is 10.3. The van der Waals surface area contributed by atoms with Crippen LogP contribution in [0, 0.1) is 5.92 Å². The second kappa shape index (κ2) is 5.33. The van der Waals surface area contributed by atoms with Crippen LogP contribution in [0.3, 0.4) is 0 Å². The van der Waals surface area contributed by atoms with Gasteiger partial charge in [-0.25, -0.2) is 0 Å². The largest absolute Gasteiger partial charge is 0.452 e. The van der Waals surface area contributed by atoms with E-state index in [-0.39, 0.29) is 17.9 Å². The van der Waals surface area contributed by atoms with E-state index in [2.05, 4.69) is 31.0 Å². The predicted octanol–water partition coefficient (Wildman–Crippen LogP) is 2.81. The quantitative estimate of drug-likeness (QED) is 0.784. The van der Waals surface area contributed by atoms with Gasteiger partial charge in [-0.15, -0.1) is 0 Å². The van der Waals surface area contributed by atoms with E-state index in [0.29, 0.717) is 0 Å². The van der Waals surface area contributed by atoms with Gasteiger partial charge >= 0.3 is 5.97 Å². The molecule has 0 spiro atoms. The van der Waals surface area contributed by atoms with E-state index in [1.165, 1.54) is 0 Å². The Morgan fingerprint density at radius 1 is 1.37 bits per heavy atom. The third kappa shape index (κ3) is 2.52. The van der Waals surface area contributed by atoms with E-state index in [9.17, 15) is 4.79 Å². The number of rotatable bonds is 3. The first-order chi connectivity index (χ1) is 8.97. The van der Waals surface area contributed by atoms with Gasteiger partial charge in [0.05, 0.1) is 12.0 Å². The van der Waals surface area contributed by atoms with Gasteiger partial charge < -0.3 is 4.74 Å². The molecular weight excluding hydrogens is 238 g/mol. The van der Waals surface area contributed by atoms with E-state index in [0.717, 1.165) is 18.5 Å². The Bertz CT molecular complexity index is 443. The molecule has 1 saturated heterocycles. The van der Waals surface area contributed by atoms with Crippen LogP contribution in [0.2, 0.25) is 0 Å². The van der Waals surface area contributed by atoms with Crippen LogP contribution in [0.15, 0.2) is 30.3 Å². The maximum atomic E-state index is 12.1. The number of nitrogens with zero attached hydrogens (tertiary/aromatic N) is 1. The Kier molecular flexibility index (Phi) is 3.95. The molecule has 19 heavy (non-hydrogen) atoms. The SMILES string of the molecule is CC(C)C(=O)O[C@@]1(c2ccccc2)CCN(C)[C@@H]1C. The topological polar surface area (TPSA) is 29.5 Å². The summed E-state index contributed by atoms with van der Waals surface area (Å²) in [5.74, 6) is -0.218. The standard InChI is InChI=1S/C16H23NO2/c1-12(2)15(18)19-16(10-11-17(4)13(16)3)14-8-6-5-7-9-14/h5-9,12-13H,10-11H2,1-4H3/t13-,16+/m1/s1. The van der Waals surface area contributed by atoms with Gasteiger partial charge in [-0.3, -0.25) is 9.69 Å². The van der Waals surface area contributed by atoms with Gasteiger partial charge in [-0.2, -0.15) is 0 Å². The molecule has 3 heteroatoms. The van der Waals surface area contributed by atoms with E-state index >= 15 is 0 Å². The minimum absolute atomic E-state index is 0.0984. The zero-order valence-corrected chi connectivity index (χ0v) is 12.2. The molecule has 104 valence electrons. The minimum Gasteiger partial charge on any atom is -0.452 e. The molecular formula is C16H23NO2. The summed E-state index contributed by atoms with van der Waals surface area (Å²) in [6.45, 7) is 6.84. The molecule has 1 fully saturated rings. The molecule has 3 nitrogen and oxygen atoms in total. The maximum absolute atomic E-state index is 12.1. The number of carbonyl (C=O) groups is 1. The van der Waals surface area contributed by atoms with Gasteiger partial charge in [-0.1, -0.05) is 44.2 Å². The first-order valence-electron chi connectivity index (χ1n) is 6.96. The summed E-state index contributed by atoms with van der Waals surface area (Å²) in [5, 5.41) is 0. The summed E-state index contributed by atoms with van der Waals surface area (Å²) in [6.07, 6.45) is 0.854. The monoisotopic (exact) mass is 261 g/mol. The highest BCUT2D eigenvalue weighted by Gasteiger charge is 2.48. The van der Waals surface area contributed by atoms with Crippen molar-refractivity contribution in [3.05, 3.63) is 35.9 Å². The lowest BCUT2D eigenvalue weighted by molar-refractivity contribution is -0.167. The fourth-order valence-corrected chi connectivity index (χ4v) is 2.70. The molecule has 0 saturated carbocycles. The molecule has 2 rings (SSSR count). The highest BCUT2D eigenvalue weighted by atomic mass is 16.6. The third-order valence-electron chi connectivity index (χ3n) is 4.19. The van der Waals surface area contributed by atoms with Crippen LogP contribution in [0.5, 0.6) is 0 Å². The van der Waals surface area contributed by atoms with Gasteiger partial charge in [-0.05, 0) is 19.5 Å². The van der Waals surface area contributed by atoms with Crippen molar-refractivity contribution >= 4 is 5.97 Å². The Labute approximate surface area is 115 Å². The van der Waals surface area contributed by atoms with Crippen molar-refractivity contribution in [1.82, 2.24) is 4.90 Å². The van der Waals surface area contributed by atoms with Gasteiger partial charge in [0.2, 0.25) is 0 Å². The molecule has 1 aliphatic rings. The fourth-order valence-electron chi connectivity index (χ4n) is 2.70. The van der Waals surface area contributed by atoms with Crippen molar-refractivity contribution in [3.63, 3.8) is 0 Å². The highest BCUT2D eigenvalue weighted by molar-refractivity contribution is 5.72. The maximum Gasteiger partial charge on any atom is 0.309 e. The second-order valence-corrected chi connectivity index (χ2v) is 5.74. The zero-order chi connectivity index (χ0) is 14.0. The Morgan fingerprint density at radius 2 is 2.00 bits per heavy atom. The number of hydrogen-bond acceptors (Lipinski definition) is 3. The highest BCUT2D eigenvalue weighted by Crippen LogP contribution is 2.41. The lowest BCUT2D eigenvalue weighted by atomic mass is 9.86. The smallest absolute Gasteiger partial charge is 0.309 e. The van der Waals surface area contributed by atoms with Crippen molar-refractivity contribution in [1.29, 1.82) is 0 Å². The van der Waals surface area contributed by atoms with Crippen molar-refractivity contribution < 1.29 is 9.53 Å². The molecule has 1 heterocycles. The van der Waals surface area contributed by atoms with E-state index < -0.39 is 5.60 Å². The summed E-state index contributed by atoms with van der Waals surface area (Å²) in [7, 11) is 2.08. The third-order valence-corrected chi connectivity index (χ3v) is 4.19. The molecule has 1 aliphatic heterocycles. The number of likely N-dealkylation sites (tertiary alicyclic amines) is 1. The van der Waals surface area contributed by atoms with Crippen LogP contribution in [-0.4, -0.2) is 30.5 Å². The number of benzene rings is 1. The summed E-state index contributed by atoms with van der Waals surface area (Å²) in [5.41, 5.74) is 0.595. The first kappa shape index (κ1) is 14.1. The van der Waals surface area contributed by atoms with E-state index in [1.54, 1.807) is 0 Å². The molecule has 0 aromatic heterocycles. The number of ether oxygens (including phenoxy) is 1. The summed E-state index contributed by atoms with van der Waals surface area (Å²) >= 11 is 0. The lowest BCUT2D eigenvalue weighted by Gasteiger charge is -2.35. The predicted molar refractivity (Wildman–Crippen MR) is 75.8 cm³/mol. The van der Waals surface area contributed by atoms with Crippen LogP contribution in [0.1, 0.15) is 32.8 Å². The Balaban J connectivity index is 2.37. The van der Waals surface area contributed by atoms with E-state index in [1.807, 2.05) is 32.0 Å². The molecule has 0 N–H and O–H groups in total. The van der Waals surface area contributed by atoms with Crippen molar-refractivity contribution in [3.8, 4) is 0 Å². The van der Waals surface area contributed by atoms with E-state index in [4.69, 9.17) is 4.74 Å². The molecule has 2 atom stereocenters. The fraction of sp³-hybridized carbons (Fsp3) is 0.562. The summed E-state index contributed by atoms with van der Waals surface area (Å²) in [4.78, 5) is 14.3. The summed E-state index contributed by atoms with van der Waals surface area (Å²) < 4.78 is 5.95. The molecule has 1 aromatic rings. The number of hydrogen-bond donors (Lipinski definition) is 0. The number of carbonyl (C=O) groups excluding carboxylic acids is 1. The van der Waals surface area contributed by atoms with Crippen molar-refractivity contribution in [2.24, 2.45) is 5.92 Å². The van der Waals surface area contributed by atoms with Gasteiger partial charge in [0.25, 0.3) is 0 Å². The van der Waals surface area contributed by atoms with Crippen LogP contribution in [-0.2, 0) is 15.1 Å². The Morgan fingerprint density at radius 3 is 2.47 bits per heavy atom. The molecule has 0 unspecified atom stereocenters. The molecule has 0 amide bonds. The van der Waals surface area contributed by atoms with Gasteiger partial charge in [0.15, 0.2) is 5.60 Å². The van der Waals surface area contributed by atoms with Crippen molar-refractivity contribution in [2.75, 3.05) is 13.6 Å². The van der Waals surface area contributed by atoms with Crippen LogP contribution in [0.25, 0.3) is 0 Å². The normalized spacial score (nSPS) is 27.7.